The fraction of sp³-hybridized carbons (Fsp3) is 0.600. The highest BCUT2D eigenvalue weighted by Gasteiger charge is 2.07. The van der Waals surface area contributed by atoms with Crippen LogP contribution in [0.2, 0.25) is 0 Å². The van der Waals surface area contributed by atoms with Gasteiger partial charge in [-0.05, 0) is 37.1 Å². The third kappa shape index (κ3) is 7.34. The fourth-order valence-corrected chi connectivity index (χ4v) is 2.50. The Balaban J connectivity index is 2.54. The van der Waals surface area contributed by atoms with Crippen LogP contribution in [0.4, 0.5) is 0 Å². The second-order valence-electron chi connectivity index (χ2n) is 4.99. The number of hydrogen-bond donors (Lipinski definition) is 1. The molecule has 0 unspecified atom stereocenters. The van der Waals surface area contributed by atoms with Crippen molar-refractivity contribution in [1.82, 2.24) is 5.32 Å². The summed E-state index contributed by atoms with van der Waals surface area (Å²) >= 11 is 0. The molecule has 0 bridgehead atoms. The number of sulfone groups is 1. The van der Waals surface area contributed by atoms with E-state index in [9.17, 15) is 8.42 Å². The van der Waals surface area contributed by atoms with Gasteiger partial charge in [0.25, 0.3) is 0 Å². The van der Waals surface area contributed by atoms with E-state index in [1.807, 2.05) is 18.2 Å². The van der Waals surface area contributed by atoms with Crippen LogP contribution in [0.1, 0.15) is 25.3 Å². The fourth-order valence-electron chi connectivity index (χ4n) is 1.85. The molecule has 0 radical (unpaired) electrons. The van der Waals surface area contributed by atoms with Crippen LogP contribution in [-0.2, 0) is 16.4 Å². The van der Waals surface area contributed by atoms with Crippen molar-refractivity contribution < 1.29 is 17.9 Å². The van der Waals surface area contributed by atoms with Crippen molar-refractivity contribution in [1.29, 1.82) is 0 Å². The molecule has 0 aliphatic carbocycles. The number of hydrogen-bond acceptors (Lipinski definition) is 5. The van der Waals surface area contributed by atoms with Crippen molar-refractivity contribution in [2.75, 3.05) is 32.3 Å². The highest BCUT2D eigenvalue weighted by molar-refractivity contribution is 7.90. The molecule has 1 rings (SSSR count). The Labute approximate surface area is 127 Å². The minimum Gasteiger partial charge on any atom is -0.493 e. The van der Waals surface area contributed by atoms with Gasteiger partial charge >= 0.3 is 0 Å². The van der Waals surface area contributed by atoms with E-state index in [4.69, 9.17) is 9.47 Å². The van der Waals surface area contributed by atoms with Crippen LogP contribution in [0, 0.1) is 0 Å². The van der Waals surface area contributed by atoms with Gasteiger partial charge in [-0.3, -0.25) is 0 Å². The Morgan fingerprint density at radius 2 is 2.00 bits per heavy atom. The van der Waals surface area contributed by atoms with Crippen LogP contribution >= 0.6 is 0 Å². The lowest BCUT2D eigenvalue weighted by molar-refractivity contribution is 0.294. The van der Waals surface area contributed by atoms with E-state index in [-0.39, 0.29) is 5.75 Å². The van der Waals surface area contributed by atoms with E-state index in [2.05, 4.69) is 12.2 Å². The average molecular weight is 315 g/mol. The predicted octanol–water partition coefficient (Wildman–Crippen LogP) is 2.01. The summed E-state index contributed by atoms with van der Waals surface area (Å²) < 4.78 is 33.0. The van der Waals surface area contributed by atoms with Crippen LogP contribution in [-0.4, -0.2) is 40.7 Å². The van der Waals surface area contributed by atoms with E-state index in [0.717, 1.165) is 25.1 Å². The van der Waals surface area contributed by atoms with Gasteiger partial charge in [-0.15, -0.1) is 0 Å². The minimum absolute atomic E-state index is 0.133. The predicted molar refractivity (Wildman–Crippen MR) is 84.8 cm³/mol. The lowest BCUT2D eigenvalue weighted by Crippen LogP contribution is -2.14. The van der Waals surface area contributed by atoms with Crippen LogP contribution in [0.5, 0.6) is 11.5 Å². The third-order valence-electron chi connectivity index (χ3n) is 2.90. The Morgan fingerprint density at radius 1 is 1.24 bits per heavy atom. The highest BCUT2D eigenvalue weighted by Crippen LogP contribution is 2.28. The molecule has 21 heavy (non-hydrogen) atoms. The molecule has 0 heterocycles. The van der Waals surface area contributed by atoms with Crippen LogP contribution in [0.25, 0.3) is 0 Å². The molecule has 0 aliphatic heterocycles. The topological polar surface area (TPSA) is 64.6 Å². The van der Waals surface area contributed by atoms with Gasteiger partial charge in [0, 0.05) is 12.8 Å². The maximum absolute atomic E-state index is 11.0. The summed E-state index contributed by atoms with van der Waals surface area (Å²) in [5, 5.41) is 3.33. The zero-order valence-electron chi connectivity index (χ0n) is 13.0. The van der Waals surface area contributed by atoms with E-state index >= 15 is 0 Å². The first-order chi connectivity index (χ1) is 9.96. The maximum Gasteiger partial charge on any atom is 0.161 e. The Morgan fingerprint density at radius 3 is 2.62 bits per heavy atom. The summed E-state index contributed by atoms with van der Waals surface area (Å²) in [6.45, 7) is 4.25. The lowest BCUT2D eigenvalue weighted by atomic mass is 10.2. The first-order valence-electron chi connectivity index (χ1n) is 7.14. The monoisotopic (exact) mass is 315 g/mol. The summed E-state index contributed by atoms with van der Waals surface area (Å²) in [5.74, 6) is 1.45. The number of nitrogens with one attached hydrogen (secondary N) is 1. The van der Waals surface area contributed by atoms with Gasteiger partial charge in [0.1, 0.15) is 9.84 Å². The molecule has 5 nitrogen and oxygen atoms in total. The first kappa shape index (κ1) is 17.8. The van der Waals surface area contributed by atoms with Gasteiger partial charge in [-0.25, -0.2) is 8.42 Å². The second kappa shape index (κ2) is 8.89. The molecule has 1 aromatic rings. The van der Waals surface area contributed by atoms with Crippen molar-refractivity contribution in [3.63, 3.8) is 0 Å². The number of methoxy groups -OCH3 is 1. The highest BCUT2D eigenvalue weighted by atomic mass is 32.2. The van der Waals surface area contributed by atoms with Crippen LogP contribution in [0.3, 0.4) is 0 Å². The summed E-state index contributed by atoms with van der Waals surface area (Å²) in [5.41, 5.74) is 1.13. The van der Waals surface area contributed by atoms with Gasteiger partial charge in [0.2, 0.25) is 0 Å². The molecule has 0 atom stereocenters. The maximum atomic E-state index is 11.0. The second-order valence-corrected chi connectivity index (χ2v) is 7.25. The van der Waals surface area contributed by atoms with E-state index in [0.29, 0.717) is 24.5 Å². The third-order valence-corrected chi connectivity index (χ3v) is 3.93. The first-order valence-corrected chi connectivity index (χ1v) is 9.20. The SMILES string of the molecule is CCCNCc1ccc(OCCCS(C)(=O)=O)c(OC)c1. The van der Waals surface area contributed by atoms with Crippen molar-refractivity contribution >= 4 is 9.84 Å². The van der Waals surface area contributed by atoms with Crippen molar-refractivity contribution in [3.8, 4) is 11.5 Å². The van der Waals surface area contributed by atoms with Crippen LogP contribution < -0.4 is 14.8 Å². The normalized spacial score (nSPS) is 11.4. The average Bonchev–Trinajstić information content (AvgIpc) is 2.43. The minimum atomic E-state index is -2.93. The molecule has 1 N–H and O–H groups in total. The van der Waals surface area contributed by atoms with Crippen LogP contribution in [0.15, 0.2) is 18.2 Å². The van der Waals surface area contributed by atoms with Crippen molar-refractivity contribution in [2.45, 2.75) is 26.3 Å². The summed E-state index contributed by atoms with van der Waals surface area (Å²) in [4.78, 5) is 0. The Bertz CT molecular complexity index is 528. The molecule has 0 amide bonds. The Hall–Kier alpha value is -1.27. The van der Waals surface area contributed by atoms with E-state index in [1.54, 1.807) is 7.11 Å². The van der Waals surface area contributed by atoms with Gasteiger partial charge in [0.05, 0.1) is 19.5 Å². The Kier molecular flexibility index (Phi) is 7.53. The van der Waals surface area contributed by atoms with Crippen molar-refractivity contribution in [3.05, 3.63) is 23.8 Å². The van der Waals surface area contributed by atoms with E-state index < -0.39 is 9.84 Å². The molecule has 0 aromatic heterocycles. The van der Waals surface area contributed by atoms with Gasteiger partial charge < -0.3 is 14.8 Å². The van der Waals surface area contributed by atoms with Gasteiger partial charge in [0.15, 0.2) is 11.5 Å². The quantitative estimate of drug-likeness (QED) is 0.669. The summed E-state index contributed by atoms with van der Waals surface area (Å²) in [6, 6.07) is 5.79. The molecule has 120 valence electrons. The van der Waals surface area contributed by atoms with Gasteiger partial charge in [-0.2, -0.15) is 0 Å². The van der Waals surface area contributed by atoms with E-state index in [1.165, 1.54) is 6.26 Å². The summed E-state index contributed by atoms with van der Waals surface area (Å²) in [6.07, 6.45) is 2.80. The zero-order valence-corrected chi connectivity index (χ0v) is 13.8. The summed E-state index contributed by atoms with van der Waals surface area (Å²) in [7, 11) is -1.33. The smallest absolute Gasteiger partial charge is 0.161 e. The lowest BCUT2D eigenvalue weighted by Gasteiger charge is -2.12. The molecule has 0 aliphatic rings. The van der Waals surface area contributed by atoms with Crippen molar-refractivity contribution in [2.24, 2.45) is 0 Å². The number of ether oxygens (including phenoxy) is 2. The molecule has 0 saturated heterocycles. The molecule has 0 saturated carbocycles. The number of benzene rings is 1. The molecular formula is C15H25NO4S. The molecule has 0 spiro atoms. The molecule has 6 heteroatoms. The molecule has 0 fully saturated rings. The zero-order chi connectivity index (χ0) is 15.7. The molecular weight excluding hydrogens is 290 g/mol. The number of rotatable bonds is 10. The standard InChI is InChI=1S/C15H25NO4S/c1-4-8-16-12-13-6-7-14(15(11-13)19-2)20-9-5-10-21(3,17)18/h6-7,11,16H,4-5,8-10,12H2,1-3H3. The largest absolute Gasteiger partial charge is 0.493 e. The van der Waals surface area contributed by atoms with Gasteiger partial charge in [-0.1, -0.05) is 13.0 Å². The molecule has 1 aromatic carbocycles.